The molecule has 0 aliphatic heterocycles. The van der Waals surface area contributed by atoms with Gasteiger partial charge in [-0.15, -0.1) is 11.8 Å². The van der Waals surface area contributed by atoms with E-state index in [2.05, 4.69) is 0 Å². The van der Waals surface area contributed by atoms with Crippen molar-refractivity contribution in [3.05, 3.63) is 64.4 Å². The zero-order valence-corrected chi connectivity index (χ0v) is 12.7. The summed E-state index contributed by atoms with van der Waals surface area (Å²) in [6.07, 6.45) is -0.0901. The fourth-order valence-corrected chi connectivity index (χ4v) is 2.98. The van der Waals surface area contributed by atoms with Crippen molar-refractivity contribution in [3.63, 3.8) is 0 Å². The minimum absolute atomic E-state index is 0.109. The molecular formula is C16H16ClFOS. The highest BCUT2D eigenvalue weighted by molar-refractivity contribution is 7.99. The molecule has 0 fully saturated rings. The molecule has 0 heterocycles. The minimum Gasteiger partial charge on any atom is -0.392 e. The summed E-state index contributed by atoms with van der Waals surface area (Å²) in [7, 11) is 0. The number of hydrogen-bond acceptors (Lipinski definition) is 2. The molecule has 0 aliphatic rings. The number of benzene rings is 2. The van der Waals surface area contributed by atoms with E-state index in [0.29, 0.717) is 12.2 Å². The quantitative estimate of drug-likeness (QED) is 0.822. The second kappa shape index (κ2) is 7.11. The lowest BCUT2D eigenvalue weighted by Crippen LogP contribution is -2.13. The van der Waals surface area contributed by atoms with Crippen LogP contribution in [0.4, 0.5) is 4.39 Å². The lowest BCUT2D eigenvalue weighted by molar-refractivity contribution is 0.200. The summed E-state index contributed by atoms with van der Waals surface area (Å²) >= 11 is 7.25. The van der Waals surface area contributed by atoms with E-state index in [1.165, 1.54) is 17.7 Å². The van der Waals surface area contributed by atoms with E-state index >= 15 is 0 Å². The predicted octanol–water partition coefficient (Wildman–Crippen LogP) is 4.48. The van der Waals surface area contributed by atoms with Crippen LogP contribution in [0.25, 0.3) is 0 Å². The van der Waals surface area contributed by atoms with Gasteiger partial charge in [0.15, 0.2) is 0 Å². The Morgan fingerprint density at radius 1 is 1.25 bits per heavy atom. The molecule has 4 heteroatoms. The molecule has 0 spiro atoms. The first-order chi connectivity index (χ1) is 9.56. The van der Waals surface area contributed by atoms with Crippen LogP contribution in [-0.2, 0) is 6.42 Å². The van der Waals surface area contributed by atoms with E-state index in [4.69, 9.17) is 11.6 Å². The molecule has 2 rings (SSSR count). The number of aliphatic hydroxyl groups is 1. The van der Waals surface area contributed by atoms with Crippen LogP contribution in [0.3, 0.4) is 0 Å². The van der Waals surface area contributed by atoms with Crippen molar-refractivity contribution in [1.29, 1.82) is 0 Å². The summed E-state index contributed by atoms with van der Waals surface area (Å²) < 4.78 is 13.3. The Morgan fingerprint density at radius 3 is 2.70 bits per heavy atom. The third-order valence-corrected chi connectivity index (χ3v) is 4.61. The molecule has 1 nitrogen and oxygen atoms in total. The summed E-state index contributed by atoms with van der Waals surface area (Å²) in [5, 5.41) is 10.1. The first kappa shape index (κ1) is 15.4. The average molecular weight is 311 g/mol. The zero-order valence-electron chi connectivity index (χ0n) is 11.1. The van der Waals surface area contributed by atoms with E-state index in [9.17, 15) is 9.50 Å². The zero-order chi connectivity index (χ0) is 14.5. The van der Waals surface area contributed by atoms with E-state index in [0.717, 1.165) is 10.5 Å². The van der Waals surface area contributed by atoms with Crippen LogP contribution in [-0.4, -0.2) is 17.0 Å². The van der Waals surface area contributed by atoms with Gasteiger partial charge in [0.2, 0.25) is 0 Å². The maximum absolute atomic E-state index is 13.3. The van der Waals surface area contributed by atoms with Crippen LogP contribution in [0.15, 0.2) is 47.4 Å². The lowest BCUT2D eigenvalue weighted by Gasteiger charge is -2.12. The summed E-state index contributed by atoms with van der Waals surface area (Å²) in [6.45, 7) is 2.04. The lowest BCUT2D eigenvalue weighted by atomic mass is 10.1. The molecule has 1 atom stereocenters. The van der Waals surface area contributed by atoms with Gasteiger partial charge in [0.05, 0.1) is 11.1 Å². The summed E-state index contributed by atoms with van der Waals surface area (Å²) in [5.74, 6) is 0.137. The first-order valence-corrected chi connectivity index (χ1v) is 7.73. The highest BCUT2D eigenvalue weighted by atomic mass is 35.5. The van der Waals surface area contributed by atoms with Crippen LogP contribution in [0.5, 0.6) is 0 Å². The highest BCUT2D eigenvalue weighted by Crippen LogP contribution is 2.23. The van der Waals surface area contributed by atoms with E-state index in [1.807, 2.05) is 31.2 Å². The molecule has 1 N–H and O–H groups in total. The largest absolute Gasteiger partial charge is 0.392 e. The Bertz CT molecular complexity index is 588. The van der Waals surface area contributed by atoms with Crippen molar-refractivity contribution < 1.29 is 9.50 Å². The maximum Gasteiger partial charge on any atom is 0.142 e. The van der Waals surface area contributed by atoms with Gasteiger partial charge in [-0.05, 0) is 42.7 Å². The fraction of sp³-hybridized carbons (Fsp3) is 0.250. The summed E-state index contributed by atoms with van der Waals surface area (Å²) in [4.78, 5) is 1.16. The van der Waals surface area contributed by atoms with Crippen molar-refractivity contribution in [1.82, 2.24) is 0 Å². The van der Waals surface area contributed by atoms with Gasteiger partial charge in [-0.3, -0.25) is 0 Å². The Kier molecular flexibility index (Phi) is 5.46. The van der Waals surface area contributed by atoms with E-state index in [1.54, 1.807) is 17.8 Å². The summed E-state index contributed by atoms with van der Waals surface area (Å²) in [6, 6.07) is 12.7. The molecule has 20 heavy (non-hydrogen) atoms. The maximum atomic E-state index is 13.3. The Labute approximate surface area is 127 Å². The molecule has 0 radical (unpaired) electrons. The van der Waals surface area contributed by atoms with Crippen molar-refractivity contribution in [2.24, 2.45) is 0 Å². The molecule has 0 saturated carbocycles. The molecule has 2 aromatic carbocycles. The predicted molar refractivity (Wildman–Crippen MR) is 83.0 cm³/mol. The molecule has 0 aliphatic carbocycles. The Balaban J connectivity index is 1.91. The molecule has 2 aromatic rings. The molecular weight excluding hydrogens is 295 g/mol. The van der Waals surface area contributed by atoms with Gasteiger partial charge in [0.25, 0.3) is 0 Å². The fourth-order valence-electron chi connectivity index (χ4n) is 1.90. The van der Waals surface area contributed by atoms with Gasteiger partial charge in [-0.2, -0.15) is 0 Å². The number of aryl methyl sites for hydroxylation is 1. The minimum atomic E-state index is -0.514. The molecule has 0 aromatic heterocycles. The topological polar surface area (TPSA) is 20.2 Å². The van der Waals surface area contributed by atoms with Gasteiger partial charge >= 0.3 is 0 Å². The molecule has 1 unspecified atom stereocenters. The van der Waals surface area contributed by atoms with Crippen LogP contribution >= 0.6 is 23.4 Å². The molecule has 0 amide bonds. The number of halogens is 2. The van der Waals surface area contributed by atoms with Crippen LogP contribution in [0.2, 0.25) is 5.02 Å². The number of hydrogen-bond donors (Lipinski definition) is 1. The third-order valence-electron chi connectivity index (χ3n) is 2.98. The van der Waals surface area contributed by atoms with Crippen LogP contribution < -0.4 is 0 Å². The Morgan fingerprint density at radius 2 is 2.00 bits per heavy atom. The van der Waals surface area contributed by atoms with Crippen molar-refractivity contribution in [2.45, 2.75) is 24.3 Å². The second-order valence-electron chi connectivity index (χ2n) is 4.68. The summed E-state index contributed by atoms with van der Waals surface area (Å²) in [5.41, 5.74) is 1.95. The molecule has 106 valence electrons. The van der Waals surface area contributed by atoms with Crippen molar-refractivity contribution in [3.8, 4) is 0 Å². The Hall–Kier alpha value is -1.03. The highest BCUT2D eigenvalue weighted by Gasteiger charge is 2.09. The molecule has 0 bridgehead atoms. The van der Waals surface area contributed by atoms with Gasteiger partial charge in [-0.1, -0.05) is 35.9 Å². The number of thioether (sulfide) groups is 1. The van der Waals surface area contributed by atoms with E-state index < -0.39 is 11.9 Å². The van der Waals surface area contributed by atoms with Crippen molar-refractivity contribution >= 4 is 23.4 Å². The van der Waals surface area contributed by atoms with Gasteiger partial charge in [0.1, 0.15) is 5.82 Å². The monoisotopic (exact) mass is 310 g/mol. The smallest absolute Gasteiger partial charge is 0.142 e. The average Bonchev–Trinajstić information content (AvgIpc) is 2.42. The SMILES string of the molecule is Cc1ccccc1SCC(O)Cc1ccc(Cl)c(F)c1. The number of aliphatic hydroxyl groups excluding tert-OH is 1. The van der Waals surface area contributed by atoms with Crippen molar-refractivity contribution in [2.75, 3.05) is 5.75 Å². The first-order valence-electron chi connectivity index (χ1n) is 6.36. The van der Waals surface area contributed by atoms with Crippen LogP contribution in [0, 0.1) is 12.7 Å². The number of rotatable bonds is 5. The standard InChI is InChI=1S/C16H16ClFOS/c1-11-4-2-3-5-16(11)20-10-13(19)8-12-6-7-14(17)15(18)9-12/h2-7,9,13,19H,8,10H2,1H3. The van der Waals surface area contributed by atoms with Crippen LogP contribution in [0.1, 0.15) is 11.1 Å². The van der Waals surface area contributed by atoms with E-state index in [-0.39, 0.29) is 5.02 Å². The second-order valence-corrected chi connectivity index (χ2v) is 6.15. The van der Waals surface area contributed by atoms with Gasteiger partial charge in [0, 0.05) is 10.6 Å². The van der Waals surface area contributed by atoms with Gasteiger partial charge in [-0.25, -0.2) is 4.39 Å². The third kappa shape index (κ3) is 4.23. The van der Waals surface area contributed by atoms with Gasteiger partial charge < -0.3 is 5.11 Å². The molecule has 0 saturated heterocycles. The normalized spacial score (nSPS) is 12.4.